The number of piperazine rings is 1. The SMILES string of the molecule is CC1CN(CC(=O)NC(C)C(C)C)CCN1.Cl. The molecule has 5 heteroatoms. The molecule has 1 saturated heterocycles. The second kappa shape index (κ2) is 7.90. The molecule has 1 fully saturated rings. The Balaban J connectivity index is 0.00000256. The summed E-state index contributed by atoms with van der Waals surface area (Å²) >= 11 is 0. The molecule has 1 aliphatic rings. The van der Waals surface area contributed by atoms with Crippen molar-refractivity contribution in [2.45, 2.75) is 39.8 Å². The number of rotatable bonds is 4. The van der Waals surface area contributed by atoms with E-state index in [-0.39, 0.29) is 24.4 Å². The third kappa shape index (κ3) is 6.24. The Bertz CT molecular complexity index is 236. The van der Waals surface area contributed by atoms with E-state index in [1.54, 1.807) is 0 Å². The van der Waals surface area contributed by atoms with Gasteiger partial charge in [0.15, 0.2) is 0 Å². The molecule has 0 saturated carbocycles. The molecule has 0 radical (unpaired) electrons. The molecule has 0 bridgehead atoms. The lowest BCUT2D eigenvalue weighted by Gasteiger charge is -2.31. The lowest BCUT2D eigenvalue weighted by atomic mass is 10.1. The fourth-order valence-corrected chi connectivity index (χ4v) is 1.83. The Morgan fingerprint density at radius 3 is 2.65 bits per heavy atom. The fraction of sp³-hybridized carbons (Fsp3) is 0.917. The van der Waals surface area contributed by atoms with Crippen LogP contribution in [0, 0.1) is 5.92 Å². The van der Waals surface area contributed by atoms with Crippen molar-refractivity contribution < 1.29 is 4.79 Å². The molecule has 0 aliphatic carbocycles. The van der Waals surface area contributed by atoms with Crippen molar-refractivity contribution in [3.05, 3.63) is 0 Å². The van der Waals surface area contributed by atoms with Gasteiger partial charge in [-0.25, -0.2) is 0 Å². The standard InChI is InChI=1S/C12H25N3O.ClH/c1-9(2)11(4)14-12(16)8-15-6-5-13-10(3)7-15;/h9-11,13H,5-8H2,1-4H3,(H,14,16);1H. The van der Waals surface area contributed by atoms with Gasteiger partial charge in [-0.05, 0) is 19.8 Å². The van der Waals surface area contributed by atoms with E-state index in [4.69, 9.17) is 0 Å². The normalized spacial score (nSPS) is 23.0. The Morgan fingerprint density at radius 1 is 1.47 bits per heavy atom. The first kappa shape index (κ1) is 16.7. The molecule has 1 rings (SSSR count). The van der Waals surface area contributed by atoms with Crippen LogP contribution in [0.2, 0.25) is 0 Å². The van der Waals surface area contributed by atoms with E-state index in [1.807, 2.05) is 0 Å². The lowest BCUT2D eigenvalue weighted by molar-refractivity contribution is -0.123. The third-order valence-corrected chi connectivity index (χ3v) is 3.21. The Hall–Kier alpha value is -0.320. The van der Waals surface area contributed by atoms with Crippen molar-refractivity contribution in [2.24, 2.45) is 5.92 Å². The van der Waals surface area contributed by atoms with Crippen molar-refractivity contribution in [3.63, 3.8) is 0 Å². The third-order valence-electron chi connectivity index (χ3n) is 3.21. The Morgan fingerprint density at radius 2 is 2.12 bits per heavy atom. The first-order chi connectivity index (χ1) is 7.49. The van der Waals surface area contributed by atoms with E-state index in [0.29, 0.717) is 18.5 Å². The van der Waals surface area contributed by atoms with Gasteiger partial charge in [-0.15, -0.1) is 12.4 Å². The van der Waals surface area contributed by atoms with Gasteiger partial charge in [-0.2, -0.15) is 0 Å². The number of hydrogen-bond acceptors (Lipinski definition) is 3. The predicted molar refractivity (Wildman–Crippen MR) is 73.6 cm³/mol. The molecule has 0 aromatic rings. The van der Waals surface area contributed by atoms with Gasteiger partial charge in [0, 0.05) is 31.7 Å². The highest BCUT2D eigenvalue weighted by Gasteiger charge is 2.19. The predicted octanol–water partition coefficient (Wildman–Crippen LogP) is 0.863. The topological polar surface area (TPSA) is 44.4 Å². The van der Waals surface area contributed by atoms with Gasteiger partial charge in [-0.1, -0.05) is 13.8 Å². The largest absolute Gasteiger partial charge is 0.352 e. The molecule has 1 aliphatic heterocycles. The molecule has 4 nitrogen and oxygen atoms in total. The number of carbonyl (C=O) groups is 1. The van der Waals surface area contributed by atoms with E-state index in [2.05, 4.69) is 43.2 Å². The smallest absolute Gasteiger partial charge is 0.234 e. The zero-order chi connectivity index (χ0) is 12.1. The van der Waals surface area contributed by atoms with Gasteiger partial charge in [0.05, 0.1) is 6.54 Å². The average Bonchev–Trinajstić information content (AvgIpc) is 2.16. The number of nitrogens with one attached hydrogen (secondary N) is 2. The number of carbonyl (C=O) groups excluding carboxylic acids is 1. The van der Waals surface area contributed by atoms with E-state index in [0.717, 1.165) is 19.6 Å². The van der Waals surface area contributed by atoms with Crippen molar-refractivity contribution in [3.8, 4) is 0 Å². The van der Waals surface area contributed by atoms with Crippen LogP contribution in [0.3, 0.4) is 0 Å². The first-order valence-electron chi connectivity index (χ1n) is 6.24. The minimum atomic E-state index is 0. The van der Waals surface area contributed by atoms with Gasteiger partial charge in [0.2, 0.25) is 5.91 Å². The number of hydrogen-bond donors (Lipinski definition) is 2. The molecule has 17 heavy (non-hydrogen) atoms. The second-order valence-electron chi connectivity index (χ2n) is 5.19. The molecule has 0 aromatic carbocycles. The molecule has 1 heterocycles. The van der Waals surface area contributed by atoms with E-state index in [9.17, 15) is 4.79 Å². The maximum atomic E-state index is 11.8. The highest BCUT2D eigenvalue weighted by atomic mass is 35.5. The lowest BCUT2D eigenvalue weighted by Crippen LogP contribution is -2.52. The van der Waals surface area contributed by atoms with Crippen LogP contribution < -0.4 is 10.6 Å². The summed E-state index contributed by atoms with van der Waals surface area (Å²) in [6.45, 7) is 11.9. The molecule has 102 valence electrons. The molecule has 2 N–H and O–H groups in total. The molecular formula is C12H26ClN3O. The second-order valence-corrected chi connectivity index (χ2v) is 5.19. The van der Waals surface area contributed by atoms with E-state index >= 15 is 0 Å². The number of nitrogens with zero attached hydrogens (tertiary/aromatic N) is 1. The first-order valence-corrected chi connectivity index (χ1v) is 6.24. The van der Waals surface area contributed by atoms with Crippen LogP contribution in [0.25, 0.3) is 0 Å². The summed E-state index contributed by atoms with van der Waals surface area (Å²) in [5, 5.41) is 6.41. The Kier molecular flexibility index (Phi) is 7.75. The van der Waals surface area contributed by atoms with E-state index in [1.165, 1.54) is 0 Å². The summed E-state index contributed by atoms with van der Waals surface area (Å²) in [6.07, 6.45) is 0. The fourth-order valence-electron chi connectivity index (χ4n) is 1.83. The van der Waals surface area contributed by atoms with Crippen molar-refractivity contribution in [1.29, 1.82) is 0 Å². The summed E-state index contributed by atoms with van der Waals surface area (Å²) in [7, 11) is 0. The Labute approximate surface area is 111 Å². The van der Waals surface area contributed by atoms with Gasteiger partial charge in [0.25, 0.3) is 0 Å². The molecule has 2 atom stereocenters. The average molecular weight is 264 g/mol. The summed E-state index contributed by atoms with van der Waals surface area (Å²) in [4.78, 5) is 14.0. The minimum Gasteiger partial charge on any atom is -0.352 e. The highest BCUT2D eigenvalue weighted by Crippen LogP contribution is 2.01. The molecule has 0 spiro atoms. The minimum absolute atomic E-state index is 0. The number of halogens is 1. The molecule has 0 aromatic heterocycles. The monoisotopic (exact) mass is 263 g/mol. The number of amides is 1. The summed E-state index contributed by atoms with van der Waals surface area (Å²) in [6, 6.07) is 0.747. The maximum Gasteiger partial charge on any atom is 0.234 e. The molecule has 2 unspecified atom stereocenters. The highest BCUT2D eigenvalue weighted by molar-refractivity contribution is 5.85. The van der Waals surface area contributed by atoms with Gasteiger partial charge in [0.1, 0.15) is 0 Å². The zero-order valence-corrected chi connectivity index (χ0v) is 12.1. The molecule has 1 amide bonds. The van der Waals surface area contributed by atoms with Crippen molar-refractivity contribution >= 4 is 18.3 Å². The molecular weight excluding hydrogens is 238 g/mol. The maximum absolute atomic E-state index is 11.8. The van der Waals surface area contributed by atoms with Crippen LogP contribution in [0.1, 0.15) is 27.7 Å². The quantitative estimate of drug-likeness (QED) is 0.791. The van der Waals surface area contributed by atoms with Crippen LogP contribution >= 0.6 is 12.4 Å². The zero-order valence-electron chi connectivity index (χ0n) is 11.3. The summed E-state index contributed by atoms with van der Waals surface area (Å²) < 4.78 is 0. The van der Waals surface area contributed by atoms with Crippen LogP contribution in [-0.2, 0) is 4.79 Å². The van der Waals surface area contributed by atoms with Crippen molar-refractivity contribution in [1.82, 2.24) is 15.5 Å². The van der Waals surface area contributed by atoms with Crippen LogP contribution in [0.5, 0.6) is 0 Å². The van der Waals surface area contributed by atoms with Crippen LogP contribution in [0.4, 0.5) is 0 Å². The van der Waals surface area contributed by atoms with Crippen LogP contribution in [0.15, 0.2) is 0 Å². The van der Waals surface area contributed by atoms with Gasteiger partial charge >= 0.3 is 0 Å². The van der Waals surface area contributed by atoms with Crippen molar-refractivity contribution in [2.75, 3.05) is 26.2 Å². The van der Waals surface area contributed by atoms with E-state index < -0.39 is 0 Å². The van der Waals surface area contributed by atoms with Gasteiger partial charge < -0.3 is 10.6 Å². The summed E-state index contributed by atoms with van der Waals surface area (Å²) in [5.74, 6) is 0.640. The summed E-state index contributed by atoms with van der Waals surface area (Å²) in [5.41, 5.74) is 0. The van der Waals surface area contributed by atoms with Crippen LogP contribution in [-0.4, -0.2) is 49.1 Å². The van der Waals surface area contributed by atoms with Gasteiger partial charge in [-0.3, -0.25) is 9.69 Å².